The van der Waals surface area contributed by atoms with Gasteiger partial charge in [-0.25, -0.2) is 14.4 Å². The molecular formula is C17H26O8. The van der Waals surface area contributed by atoms with Crippen LogP contribution < -0.4 is 0 Å². The van der Waals surface area contributed by atoms with Gasteiger partial charge in [0.25, 0.3) is 0 Å². The first-order valence-electron chi connectivity index (χ1n) is 7.93. The van der Waals surface area contributed by atoms with Crippen molar-refractivity contribution in [3.8, 4) is 0 Å². The van der Waals surface area contributed by atoms with Gasteiger partial charge in [-0.15, -0.1) is 0 Å². The van der Waals surface area contributed by atoms with Gasteiger partial charge in [-0.2, -0.15) is 0 Å². The van der Waals surface area contributed by atoms with Crippen molar-refractivity contribution < 1.29 is 38.1 Å². The van der Waals surface area contributed by atoms with Gasteiger partial charge in [0.2, 0.25) is 0 Å². The molecule has 0 aromatic carbocycles. The Labute approximate surface area is 147 Å². The van der Waals surface area contributed by atoms with Crippen molar-refractivity contribution in [1.29, 1.82) is 0 Å². The summed E-state index contributed by atoms with van der Waals surface area (Å²) in [6, 6.07) is 0. The van der Waals surface area contributed by atoms with E-state index in [0.29, 0.717) is 0 Å². The average Bonchev–Trinajstić information content (AvgIpc) is 2.45. The van der Waals surface area contributed by atoms with Gasteiger partial charge in [0.1, 0.15) is 0 Å². The highest BCUT2D eigenvalue weighted by Crippen LogP contribution is 2.09. The van der Waals surface area contributed by atoms with Crippen molar-refractivity contribution in [1.82, 2.24) is 0 Å². The predicted octanol–water partition coefficient (Wildman–Crippen LogP) is 1.70. The number of carbonyl (C=O) groups excluding carboxylic acids is 4. The lowest BCUT2D eigenvalue weighted by molar-refractivity contribution is -0.170. The molecule has 0 saturated carbocycles. The predicted molar refractivity (Wildman–Crippen MR) is 87.3 cm³/mol. The fraction of sp³-hybridized carbons (Fsp3) is 0.647. The van der Waals surface area contributed by atoms with E-state index in [-0.39, 0.29) is 17.8 Å². The number of hydrogen-bond donors (Lipinski definition) is 0. The summed E-state index contributed by atoms with van der Waals surface area (Å²) in [5.41, 5.74) is -0.210. The first-order chi connectivity index (χ1) is 11.4. The Balaban J connectivity index is 4.43. The Morgan fingerprint density at radius 2 is 1.12 bits per heavy atom. The minimum absolute atomic E-state index is 0.210. The summed E-state index contributed by atoms with van der Waals surface area (Å²) in [7, 11) is 0. The van der Waals surface area contributed by atoms with Gasteiger partial charge in [-0.3, -0.25) is 4.79 Å². The molecule has 142 valence electrons. The van der Waals surface area contributed by atoms with Crippen LogP contribution >= 0.6 is 0 Å². The van der Waals surface area contributed by atoms with E-state index in [2.05, 4.69) is 6.58 Å². The second kappa shape index (κ2) is 10.5. The lowest BCUT2D eigenvalue weighted by Crippen LogP contribution is -2.30. The molecule has 0 N–H and O–H groups in total. The molecule has 2 atom stereocenters. The van der Waals surface area contributed by atoms with Crippen molar-refractivity contribution in [3.05, 3.63) is 12.2 Å². The van der Waals surface area contributed by atoms with E-state index < -0.39 is 42.5 Å². The number of ether oxygens (including phenoxy) is 4. The summed E-state index contributed by atoms with van der Waals surface area (Å²) in [6.07, 6.45) is -3.42. The van der Waals surface area contributed by atoms with E-state index in [1.54, 1.807) is 27.7 Å². The van der Waals surface area contributed by atoms with E-state index in [9.17, 15) is 19.2 Å². The second-order valence-corrected chi connectivity index (χ2v) is 5.93. The van der Waals surface area contributed by atoms with Crippen LogP contribution in [0.25, 0.3) is 0 Å². The van der Waals surface area contributed by atoms with Crippen molar-refractivity contribution in [2.45, 2.75) is 72.4 Å². The SMILES string of the molecule is C=C(CC(=O)OC(C)C(=O)OC(C)C)C(=O)OC(C)C(=O)OC(C)C. The highest BCUT2D eigenvalue weighted by atomic mass is 16.6. The van der Waals surface area contributed by atoms with E-state index in [1.165, 1.54) is 13.8 Å². The Kier molecular flexibility index (Phi) is 9.48. The molecular weight excluding hydrogens is 332 g/mol. The molecule has 8 heteroatoms. The van der Waals surface area contributed by atoms with E-state index >= 15 is 0 Å². The number of hydrogen-bond acceptors (Lipinski definition) is 8. The minimum atomic E-state index is -1.14. The summed E-state index contributed by atoms with van der Waals surface area (Å²) in [5.74, 6) is -3.17. The zero-order chi connectivity index (χ0) is 19.7. The van der Waals surface area contributed by atoms with Crippen LogP contribution in [0.1, 0.15) is 48.0 Å². The van der Waals surface area contributed by atoms with Crippen molar-refractivity contribution in [2.24, 2.45) is 0 Å². The van der Waals surface area contributed by atoms with Crippen LogP contribution in [0, 0.1) is 0 Å². The third kappa shape index (κ3) is 9.49. The molecule has 0 heterocycles. The van der Waals surface area contributed by atoms with Crippen LogP contribution in [-0.2, 0) is 38.1 Å². The van der Waals surface area contributed by atoms with Crippen LogP contribution in [0.4, 0.5) is 0 Å². The molecule has 0 aliphatic heterocycles. The lowest BCUT2D eigenvalue weighted by Gasteiger charge is -2.16. The van der Waals surface area contributed by atoms with Gasteiger partial charge in [-0.1, -0.05) is 6.58 Å². The standard InChI is InChI=1S/C17H26O8/c1-9(2)22-16(20)12(6)24-14(18)8-11(5)15(19)25-13(7)17(21)23-10(3)4/h9-10,12-13H,5,8H2,1-4,6-7H3. The van der Waals surface area contributed by atoms with E-state index in [1.807, 2.05) is 0 Å². The normalized spacial score (nSPS) is 13.0. The van der Waals surface area contributed by atoms with E-state index in [4.69, 9.17) is 18.9 Å². The highest BCUT2D eigenvalue weighted by molar-refractivity contribution is 5.95. The average molecular weight is 358 g/mol. The summed E-state index contributed by atoms with van der Waals surface area (Å²) < 4.78 is 19.5. The monoisotopic (exact) mass is 358 g/mol. The summed E-state index contributed by atoms with van der Waals surface area (Å²) in [4.78, 5) is 46.7. The molecule has 0 saturated heterocycles. The van der Waals surface area contributed by atoms with Gasteiger partial charge in [0.05, 0.1) is 18.6 Å². The Bertz CT molecular complexity index is 521. The minimum Gasteiger partial charge on any atom is -0.460 e. The Hall–Kier alpha value is -2.38. The Morgan fingerprint density at radius 1 is 0.720 bits per heavy atom. The topological polar surface area (TPSA) is 105 Å². The van der Waals surface area contributed by atoms with Crippen LogP contribution in [0.2, 0.25) is 0 Å². The van der Waals surface area contributed by atoms with E-state index in [0.717, 1.165) is 0 Å². The third-order valence-electron chi connectivity index (χ3n) is 2.61. The van der Waals surface area contributed by atoms with Crippen molar-refractivity contribution >= 4 is 23.9 Å². The molecule has 0 aromatic rings. The number of carbonyl (C=O) groups is 4. The van der Waals surface area contributed by atoms with Crippen LogP contribution in [0.15, 0.2) is 12.2 Å². The molecule has 0 bridgehead atoms. The molecule has 0 radical (unpaired) electrons. The third-order valence-corrected chi connectivity index (χ3v) is 2.61. The summed E-state index contributed by atoms with van der Waals surface area (Å²) in [6.45, 7) is 12.8. The van der Waals surface area contributed by atoms with Crippen LogP contribution in [-0.4, -0.2) is 48.3 Å². The maximum Gasteiger partial charge on any atom is 0.347 e. The van der Waals surface area contributed by atoms with Gasteiger partial charge < -0.3 is 18.9 Å². The smallest absolute Gasteiger partial charge is 0.347 e. The fourth-order valence-electron chi connectivity index (χ4n) is 1.48. The second-order valence-electron chi connectivity index (χ2n) is 5.93. The Morgan fingerprint density at radius 3 is 1.52 bits per heavy atom. The molecule has 0 spiro atoms. The molecule has 0 aliphatic carbocycles. The molecule has 0 aromatic heterocycles. The van der Waals surface area contributed by atoms with Gasteiger partial charge in [0.15, 0.2) is 12.2 Å². The van der Waals surface area contributed by atoms with Crippen molar-refractivity contribution in [2.75, 3.05) is 0 Å². The lowest BCUT2D eigenvalue weighted by atomic mass is 10.2. The highest BCUT2D eigenvalue weighted by Gasteiger charge is 2.25. The maximum absolute atomic E-state index is 11.8. The molecule has 0 amide bonds. The largest absolute Gasteiger partial charge is 0.460 e. The molecule has 0 aliphatic rings. The molecule has 25 heavy (non-hydrogen) atoms. The van der Waals surface area contributed by atoms with Gasteiger partial charge in [0, 0.05) is 5.57 Å². The summed E-state index contributed by atoms with van der Waals surface area (Å²) in [5, 5.41) is 0. The number of esters is 4. The molecule has 2 unspecified atom stereocenters. The fourth-order valence-corrected chi connectivity index (χ4v) is 1.48. The molecule has 0 rings (SSSR count). The van der Waals surface area contributed by atoms with Gasteiger partial charge in [-0.05, 0) is 41.5 Å². The quantitative estimate of drug-likeness (QED) is 0.348. The maximum atomic E-state index is 11.8. The summed E-state index contributed by atoms with van der Waals surface area (Å²) >= 11 is 0. The van der Waals surface area contributed by atoms with Crippen molar-refractivity contribution in [3.63, 3.8) is 0 Å². The number of rotatable bonds is 9. The van der Waals surface area contributed by atoms with Gasteiger partial charge >= 0.3 is 23.9 Å². The first-order valence-corrected chi connectivity index (χ1v) is 7.93. The van der Waals surface area contributed by atoms with Crippen LogP contribution in [0.5, 0.6) is 0 Å². The molecule has 0 fully saturated rings. The zero-order valence-corrected chi connectivity index (χ0v) is 15.5. The zero-order valence-electron chi connectivity index (χ0n) is 15.5. The van der Waals surface area contributed by atoms with Crippen LogP contribution in [0.3, 0.4) is 0 Å². The first kappa shape index (κ1) is 22.6. The molecule has 8 nitrogen and oxygen atoms in total.